The number of carbonyl (C=O) groups is 1. The van der Waals surface area contributed by atoms with Crippen molar-refractivity contribution in [2.45, 2.75) is 16.8 Å². The number of fused-ring (bicyclic) bond motifs is 1. The van der Waals surface area contributed by atoms with Gasteiger partial charge in [0.15, 0.2) is 0 Å². The van der Waals surface area contributed by atoms with Crippen LogP contribution in [-0.2, 0) is 14.6 Å². The van der Waals surface area contributed by atoms with Gasteiger partial charge in [0.1, 0.15) is 5.03 Å². The number of benzene rings is 2. The molecule has 0 radical (unpaired) electrons. The molecular formula is C19H14N2O4S. The van der Waals surface area contributed by atoms with E-state index in [1.165, 1.54) is 24.3 Å². The number of nitrogens with one attached hydrogen (secondary N) is 1. The molecule has 26 heavy (non-hydrogen) atoms. The number of sulfone groups is 1. The van der Waals surface area contributed by atoms with E-state index in [4.69, 9.17) is 10.4 Å². The van der Waals surface area contributed by atoms with Crippen molar-refractivity contribution < 1.29 is 18.3 Å². The van der Waals surface area contributed by atoms with Gasteiger partial charge in [0.05, 0.1) is 16.5 Å². The Kier molecular flexibility index (Phi) is 4.36. The van der Waals surface area contributed by atoms with E-state index in [-0.39, 0.29) is 15.5 Å². The normalized spacial score (nSPS) is 11.7. The van der Waals surface area contributed by atoms with Gasteiger partial charge in [-0.1, -0.05) is 17.7 Å². The number of H-pyrrole nitrogens is 1. The lowest BCUT2D eigenvalue weighted by molar-refractivity contribution is -0.131. The molecule has 0 atom stereocenters. The molecule has 0 aliphatic rings. The summed E-state index contributed by atoms with van der Waals surface area (Å²) in [5.74, 6) is -1.20. The number of aromatic amines is 1. The Bertz CT molecular complexity index is 1180. The molecule has 0 spiro atoms. The van der Waals surface area contributed by atoms with Crippen molar-refractivity contribution in [3.63, 3.8) is 0 Å². The summed E-state index contributed by atoms with van der Waals surface area (Å²) in [6.07, 6.45) is 2.10. The zero-order chi connectivity index (χ0) is 18.9. The summed E-state index contributed by atoms with van der Waals surface area (Å²) in [5.41, 5.74) is 1.98. The van der Waals surface area contributed by atoms with E-state index in [0.717, 1.165) is 11.6 Å². The fourth-order valence-corrected chi connectivity index (χ4v) is 4.07. The highest BCUT2D eigenvalue weighted by Crippen LogP contribution is 2.31. The van der Waals surface area contributed by atoms with Crippen LogP contribution in [0.1, 0.15) is 16.7 Å². The predicted molar refractivity (Wildman–Crippen MR) is 96.3 cm³/mol. The van der Waals surface area contributed by atoms with Crippen LogP contribution in [-0.4, -0.2) is 24.5 Å². The molecule has 0 unspecified atom stereocenters. The molecular weight excluding hydrogens is 352 g/mol. The second-order valence-electron chi connectivity index (χ2n) is 5.73. The van der Waals surface area contributed by atoms with Gasteiger partial charge < -0.3 is 10.1 Å². The molecule has 2 aromatic carbocycles. The van der Waals surface area contributed by atoms with Crippen molar-refractivity contribution in [1.29, 1.82) is 5.26 Å². The van der Waals surface area contributed by atoms with E-state index in [0.29, 0.717) is 16.5 Å². The Morgan fingerprint density at radius 1 is 1.19 bits per heavy atom. The van der Waals surface area contributed by atoms with Crippen molar-refractivity contribution >= 4 is 32.8 Å². The number of nitrogens with zero attached hydrogens (tertiary/aromatic N) is 1. The first-order chi connectivity index (χ1) is 12.3. The summed E-state index contributed by atoms with van der Waals surface area (Å²) >= 11 is 0. The zero-order valence-corrected chi connectivity index (χ0v) is 14.5. The number of rotatable bonds is 4. The smallest absolute Gasteiger partial charge is 0.328 e. The van der Waals surface area contributed by atoms with Crippen molar-refractivity contribution in [2.24, 2.45) is 0 Å². The van der Waals surface area contributed by atoms with Gasteiger partial charge in [-0.05, 0) is 43.3 Å². The highest BCUT2D eigenvalue weighted by atomic mass is 32.2. The molecule has 0 bridgehead atoms. The quantitative estimate of drug-likeness (QED) is 0.688. The number of hydrogen-bond donors (Lipinski definition) is 2. The number of carboxylic acid groups (broad SMARTS) is 1. The third-order valence-electron chi connectivity index (χ3n) is 3.92. The second kappa shape index (κ2) is 6.50. The summed E-state index contributed by atoms with van der Waals surface area (Å²) in [6.45, 7) is 1.85. The van der Waals surface area contributed by atoms with Crippen molar-refractivity contribution in [3.8, 4) is 6.07 Å². The van der Waals surface area contributed by atoms with E-state index in [9.17, 15) is 13.2 Å². The molecule has 3 rings (SSSR count). The lowest BCUT2D eigenvalue weighted by atomic mass is 10.1. The zero-order valence-electron chi connectivity index (χ0n) is 13.7. The molecule has 7 heteroatoms. The van der Waals surface area contributed by atoms with Gasteiger partial charge in [0.25, 0.3) is 0 Å². The van der Waals surface area contributed by atoms with Gasteiger partial charge in [-0.3, -0.25) is 0 Å². The number of aryl methyl sites for hydroxylation is 1. The molecule has 0 fully saturated rings. The highest BCUT2D eigenvalue weighted by Gasteiger charge is 2.24. The van der Waals surface area contributed by atoms with Crippen molar-refractivity contribution in [1.82, 2.24) is 4.98 Å². The summed E-state index contributed by atoms with van der Waals surface area (Å²) in [7, 11) is -3.90. The Morgan fingerprint density at radius 3 is 2.50 bits per heavy atom. The molecule has 3 aromatic rings. The van der Waals surface area contributed by atoms with E-state index in [2.05, 4.69) is 4.98 Å². The standard InChI is InChI=1S/C19H14N2O4S/c1-12-2-5-14(6-3-12)26(24,25)19-15(7-9-18(22)23)16-10-13(11-20)4-8-17(16)21-19/h2-10,21H,1H3,(H,22,23)/b9-7-. The third-order valence-corrected chi connectivity index (χ3v) is 5.68. The molecule has 2 N–H and O–H groups in total. The molecule has 0 saturated heterocycles. The largest absolute Gasteiger partial charge is 0.478 e. The first-order valence-corrected chi connectivity index (χ1v) is 9.10. The van der Waals surface area contributed by atoms with Crippen molar-refractivity contribution in [2.75, 3.05) is 0 Å². The van der Waals surface area contributed by atoms with Crippen LogP contribution in [0.5, 0.6) is 0 Å². The molecule has 0 aliphatic carbocycles. The SMILES string of the molecule is Cc1ccc(S(=O)(=O)c2[nH]c3ccc(C#N)cc3c2/C=C\C(=O)O)cc1. The minimum Gasteiger partial charge on any atom is -0.478 e. The number of nitriles is 1. The predicted octanol–water partition coefficient (Wildman–Crippen LogP) is 3.28. The van der Waals surface area contributed by atoms with Crippen LogP contribution in [0.4, 0.5) is 0 Å². The maximum absolute atomic E-state index is 13.1. The molecule has 1 aromatic heterocycles. The number of hydrogen-bond acceptors (Lipinski definition) is 4. The lowest BCUT2D eigenvalue weighted by Crippen LogP contribution is -2.04. The average molecular weight is 366 g/mol. The summed E-state index contributed by atoms with van der Waals surface area (Å²) in [4.78, 5) is 13.9. The Hall–Kier alpha value is -3.37. The number of aliphatic carboxylic acids is 1. The van der Waals surface area contributed by atoms with Crippen LogP contribution < -0.4 is 0 Å². The van der Waals surface area contributed by atoms with Crippen molar-refractivity contribution in [3.05, 3.63) is 65.2 Å². The number of aromatic nitrogens is 1. The monoisotopic (exact) mass is 366 g/mol. The van der Waals surface area contributed by atoms with Crippen LogP contribution in [0, 0.1) is 18.3 Å². The number of carboxylic acids is 1. The van der Waals surface area contributed by atoms with Gasteiger partial charge in [0.2, 0.25) is 9.84 Å². The van der Waals surface area contributed by atoms with Crippen LogP contribution in [0.25, 0.3) is 17.0 Å². The van der Waals surface area contributed by atoms with Gasteiger partial charge in [0, 0.05) is 22.5 Å². The summed E-state index contributed by atoms with van der Waals surface area (Å²) < 4.78 is 26.1. The van der Waals surface area contributed by atoms with E-state index >= 15 is 0 Å². The first-order valence-electron chi connectivity index (χ1n) is 7.61. The summed E-state index contributed by atoms with van der Waals surface area (Å²) in [5, 5.41) is 18.4. The third kappa shape index (κ3) is 3.10. The van der Waals surface area contributed by atoms with Gasteiger partial charge in [-0.2, -0.15) is 5.26 Å². The summed E-state index contributed by atoms with van der Waals surface area (Å²) in [6, 6.07) is 13.1. The molecule has 0 saturated carbocycles. The minimum atomic E-state index is -3.90. The van der Waals surface area contributed by atoms with Crippen LogP contribution >= 0.6 is 0 Å². The van der Waals surface area contributed by atoms with E-state index in [1.807, 2.05) is 13.0 Å². The molecule has 0 amide bonds. The van der Waals surface area contributed by atoms with E-state index < -0.39 is 15.8 Å². The molecule has 130 valence electrons. The Balaban J connectivity index is 2.31. The van der Waals surface area contributed by atoms with Gasteiger partial charge >= 0.3 is 5.97 Å². The Morgan fingerprint density at radius 2 is 1.88 bits per heavy atom. The molecule has 0 aliphatic heterocycles. The Labute approximate surface area is 149 Å². The topological polar surface area (TPSA) is 111 Å². The second-order valence-corrected chi connectivity index (χ2v) is 7.61. The molecule has 1 heterocycles. The minimum absolute atomic E-state index is 0.0973. The average Bonchev–Trinajstić information content (AvgIpc) is 2.98. The molecule has 6 nitrogen and oxygen atoms in total. The first kappa shape index (κ1) is 17.5. The fraction of sp³-hybridized carbons (Fsp3) is 0.0526. The fourth-order valence-electron chi connectivity index (χ4n) is 2.62. The van der Waals surface area contributed by atoms with Crippen LogP contribution in [0.15, 0.2) is 58.5 Å². The maximum atomic E-state index is 13.1. The lowest BCUT2D eigenvalue weighted by Gasteiger charge is -2.05. The van der Waals surface area contributed by atoms with Gasteiger partial charge in [-0.25, -0.2) is 13.2 Å². The van der Waals surface area contributed by atoms with Crippen LogP contribution in [0.3, 0.4) is 0 Å². The highest BCUT2D eigenvalue weighted by molar-refractivity contribution is 7.91. The maximum Gasteiger partial charge on any atom is 0.328 e. The van der Waals surface area contributed by atoms with Crippen LogP contribution in [0.2, 0.25) is 0 Å². The van der Waals surface area contributed by atoms with Gasteiger partial charge in [-0.15, -0.1) is 0 Å². The van der Waals surface area contributed by atoms with E-state index in [1.54, 1.807) is 24.3 Å².